The minimum absolute atomic E-state index is 0.0212. The third-order valence-electron chi connectivity index (χ3n) is 1.72. The van der Waals surface area contributed by atoms with Gasteiger partial charge in [-0.3, -0.25) is 10.1 Å². The maximum Gasteiger partial charge on any atom is 0.352 e. The summed E-state index contributed by atoms with van der Waals surface area (Å²) in [7, 11) is 1.28. The molecule has 0 saturated carbocycles. The highest BCUT2D eigenvalue weighted by Crippen LogP contribution is 2.36. The van der Waals surface area contributed by atoms with E-state index in [0.29, 0.717) is 0 Å². The topological polar surface area (TPSA) is 98.9 Å². The van der Waals surface area contributed by atoms with Crippen molar-refractivity contribution in [2.24, 2.45) is 0 Å². The number of carboxylic acids is 1. The van der Waals surface area contributed by atoms with Gasteiger partial charge in [0.05, 0.1) is 12.0 Å². The van der Waals surface area contributed by atoms with Crippen molar-refractivity contribution in [1.82, 2.24) is 0 Å². The van der Waals surface area contributed by atoms with Gasteiger partial charge in [-0.2, -0.15) is 0 Å². The van der Waals surface area contributed by atoms with Crippen molar-refractivity contribution in [2.45, 2.75) is 0 Å². The van der Waals surface area contributed by atoms with Gasteiger partial charge in [-0.05, 0) is 12.1 Å². The van der Waals surface area contributed by atoms with Crippen molar-refractivity contribution < 1.29 is 24.3 Å². The SMILES string of the molecule is COc1cccc(OCC(=O)O)c1[N+](=O)[O-]. The Balaban J connectivity index is 3.07. The molecule has 1 aromatic carbocycles. The largest absolute Gasteiger partial charge is 0.490 e. The molecule has 7 heteroatoms. The van der Waals surface area contributed by atoms with E-state index in [1.54, 1.807) is 0 Å². The first-order valence-corrected chi connectivity index (χ1v) is 4.22. The number of ether oxygens (including phenoxy) is 2. The second kappa shape index (κ2) is 4.96. The number of para-hydroxylation sites is 1. The minimum Gasteiger partial charge on any atom is -0.490 e. The highest BCUT2D eigenvalue weighted by Gasteiger charge is 2.22. The van der Waals surface area contributed by atoms with Crippen LogP contribution in [0.2, 0.25) is 0 Å². The van der Waals surface area contributed by atoms with Crippen LogP contribution in [-0.4, -0.2) is 29.7 Å². The molecule has 0 aliphatic carbocycles. The third kappa shape index (κ3) is 2.59. The zero-order valence-electron chi connectivity index (χ0n) is 8.37. The smallest absolute Gasteiger partial charge is 0.352 e. The van der Waals surface area contributed by atoms with Crippen molar-refractivity contribution in [2.75, 3.05) is 13.7 Å². The lowest BCUT2D eigenvalue weighted by atomic mass is 10.2. The van der Waals surface area contributed by atoms with E-state index in [4.69, 9.17) is 14.6 Å². The lowest BCUT2D eigenvalue weighted by molar-refractivity contribution is -0.386. The summed E-state index contributed by atoms with van der Waals surface area (Å²) in [6.45, 7) is -0.645. The van der Waals surface area contributed by atoms with Crippen molar-refractivity contribution in [1.29, 1.82) is 0 Å². The fourth-order valence-electron chi connectivity index (χ4n) is 1.10. The molecule has 0 radical (unpaired) electrons. The predicted molar refractivity (Wildman–Crippen MR) is 52.8 cm³/mol. The normalized spacial score (nSPS) is 9.56. The van der Waals surface area contributed by atoms with Gasteiger partial charge in [0, 0.05) is 0 Å². The van der Waals surface area contributed by atoms with Gasteiger partial charge in [0.15, 0.2) is 6.61 Å². The van der Waals surface area contributed by atoms with Crippen LogP contribution in [0.3, 0.4) is 0 Å². The Kier molecular flexibility index (Phi) is 3.65. The van der Waals surface area contributed by atoms with E-state index in [0.717, 1.165) is 0 Å². The van der Waals surface area contributed by atoms with Crippen molar-refractivity contribution in [3.05, 3.63) is 28.3 Å². The number of carbonyl (C=O) groups is 1. The molecule has 0 amide bonds. The second-order valence-corrected chi connectivity index (χ2v) is 2.75. The van der Waals surface area contributed by atoms with Gasteiger partial charge in [-0.1, -0.05) is 6.07 Å². The zero-order valence-corrected chi connectivity index (χ0v) is 8.37. The molecule has 0 fully saturated rings. The fraction of sp³-hybridized carbons (Fsp3) is 0.222. The van der Waals surface area contributed by atoms with Crippen molar-refractivity contribution >= 4 is 11.7 Å². The number of methoxy groups -OCH3 is 1. The second-order valence-electron chi connectivity index (χ2n) is 2.75. The molecule has 1 N–H and O–H groups in total. The molecule has 0 heterocycles. The van der Waals surface area contributed by atoms with Crippen molar-refractivity contribution in [3.63, 3.8) is 0 Å². The molecule has 16 heavy (non-hydrogen) atoms. The van der Waals surface area contributed by atoms with Crippen LogP contribution in [0.25, 0.3) is 0 Å². The van der Waals surface area contributed by atoms with Crippen LogP contribution in [-0.2, 0) is 4.79 Å². The average molecular weight is 227 g/mol. The molecule has 1 aromatic rings. The van der Waals surface area contributed by atoms with Crippen LogP contribution < -0.4 is 9.47 Å². The van der Waals surface area contributed by atoms with E-state index in [-0.39, 0.29) is 17.2 Å². The number of aliphatic carboxylic acids is 1. The van der Waals surface area contributed by atoms with Gasteiger partial charge < -0.3 is 14.6 Å². The monoisotopic (exact) mass is 227 g/mol. The molecule has 0 aliphatic heterocycles. The van der Waals surface area contributed by atoms with Gasteiger partial charge >= 0.3 is 11.7 Å². The van der Waals surface area contributed by atoms with E-state index in [9.17, 15) is 14.9 Å². The minimum atomic E-state index is -1.21. The molecular weight excluding hydrogens is 218 g/mol. The zero-order chi connectivity index (χ0) is 12.1. The Bertz CT molecular complexity index is 416. The summed E-state index contributed by atoms with van der Waals surface area (Å²) >= 11 is 0. The third-order valence-corrected chi connectivity index (χ3v) is 1.72. The first kappa shape index (κ1) is 11.8. The van der Waals surface area contributed by atoms with Crippen LogP contribution in [0.1, 0.15) is 0 Å². The summed E-state index contributed by atoms with van der Waals surface area (Å²) in [5.74, 6) is -1.32. The molecule has 1 rings (SSSR count). The first-order valence-electron chi connectivity index (χ1n) is 4.22. The highest BCUT2D eigenvalue weighted by atomic mass is 16.6. The molecule has 0 spiro atoms. The summed E-state index contributed by atoms with van der Waals surface area (Å²) in [5, 5.41) is 19.1. The van der Waals surface area contributed by atoms with E-state index in [2.05, 4.69) is 0 Å². The molecule has 0 aromatic heterocycles. The number of nitrogens with zero attached hydrogens (tertiary/aromatic N) is 1. The van der Waals surface area contributed by atoms with E-state index in [1.807, 2.05) is 0 Å². The molecule has 86 valence electrons. The molecule has 0 saturated heterocycles. The Morgan fingerprint density at radius 2 is 2.12 bits per heavy atom. The Labute approximate surface area is 90.4 Å². The van der Waals surface area contributed by atoms with E-state index < -0.39 is 17.5 Å². The first-order chi connectivity index (χ1) is 7.56. The molecule has 7 nitrogen and oxygen atoms in total. The number of benzene rings is 1. The predicted octanol–water partition coefficient (Wildman–Crippen LogP) is 1.07. The van der Waals surface area contributed by atoms with Crippen molar-refractivity contribution in [3.8, 4) is 11.5 Å². The lowest BCUT2D eigenvalue weighted by Gasteiger charge is -2.06. The average Bonchev–Trinajstić information content (AvgIpc) is 2.25. The molecule has 0 atom stereocenters. The molecular formula is C9H9NO6. The lowest BCUT2D eigenvalue weighted by Crippen LogP contribution is -2.10. The summed E-state index contributed by atoms with van der Waals surface area (Å²) in [4.78, 5) is 20.3. The van der Waals surface area contributed by atoms with Crippen LogP contribution in [0, 0.1) is 10.1 Å². The van der Waals surface area contributed by atoms with E-state index >= 15 is 0 Å². The van der Waals surface area contributed by atoms with Crippen LogP contribution in [0.5, 0.6) is 11.5 Å². The summed E-state index contributed by atoms with van der Waals surface area (Å²) in [6, 6.07) is 4.18. The van der Waals surface area contributed by atoms with Gasteiger partial charge in [0.2, 0.25) is 11.5 Å². The highest BCUT2D eigenvalue weighted by molar-refractivity contribution is 5.69. The number of rotatable bonds is 5. The number of hydrogen-bond acceptors (Lipinski definition) is 5. The van der Waals surface area contributed by atoms with E-state index in [1.165, 1.54) is 25.3 Å². The van der Waals surface area contributed by atoms with Gasteiger partial charge in [0.1, 0.15) is 0 Å². The maximum atomic E-state index is 10.7. The summed E-state index contributed by atoms with van der Waals surface area (Å²) < 4.78 is 9.57. The van der Waals surface area contributed by atoms with Crippen LogP contribution in [0.15, 0.2) is 18.2 Å². The number of nitro benzene ring substituents is 1. The Hall–Kier alpha value is -2.31. The van der Waals surface area contributed by atoms with Gasteiger partial charge in [0.25, 0.3) is 0 Å². The molecule has 0 bridgehead atoms. The standard InChI is InChI=1S/C9H9NO6/c1-15-6-3-2-4-7(9(6)10(13)14)16-5-8(11)12/h2-4H,5H2,1H3,(H,11,12). The fourth-order valence-corrected chi connectivity index (χ4v) is 1.10. The van der Waals surface area contributed by atoms with Crippen LogP contribution >= 0.6 is 0 Å². The van der Waals surface area contributed by atoms with Crippen LogP contribution in [0.4, 0.5) is 5.69 Å². The maximum absolute atomic E-state index is 10.7. The summed E-state index contributed by atoms with van der Waals surface area (Å²) in [6.07, 6.45) is 0. The number of hydrogen-bond donors (Lipinski definition) is 1. The Morgan fingerprint density at radius 3 is 2.62 bits per heavy atom. The Morgan fingerprint density at radius 1 is 1.50 bits per heavy atom. The number of carboxylic acid groups (broad SMARTS) is 1. The summed E-state index contributed by atoms with van der Waals surface area (Å²) in [5.41, 5.74) is -0.383. The number of nitro groups is 1. The molecule has 0 unspecified atom stereocenters. The quantitative estimate of drug-likeness (QED) is 0.596. The van der Waals surface area contributed by atoms with Gasteiger partial charge in [-0.25, -0.2) is 4.79 Å². The van der Waals surface area contributed by atoms with Gasteiger partial charge in [-0.15, -0.1) is 0 Å². The molecule has 0 aliphatic rings.